The van der Waals surface area contributed by atoms with Crippen molar-refractivity contribution < 1.29 is 14.3 Å². The van der Waals surface area contributed by atoms with E-state index in [1.165, 1.54) is 0 Å². The van der Waals surface area contributed by atoms with E-state index in [0.29, 0.717) is 11.5 Å². The third-order valence-corrected chi connectivity index (χ3v) is 4.90. The second-order valence-electron chi connectivity index (χ2n) is 7.00. The Morgan fingerprint density at radius 1 is 0.969 bits per heavy atom. The van der Waals surface area contributed by atoms with Crippen molar-refractivity contribution in [1.29, 1.82) is 0 Å². The van der Waals surface area contributed by atoms with Gasteiger partial charge in [-0.05, 0) is 48.0 Å². The molecule has 6 heteroatoms. The molecule has 0 aliphatic rings. The molecule has 0 atom stereocenters. The molecule has 4 aromatic rings. The van der Waals surface area contributed by atoms with E-state index in [-0.39, 0.29) is 5.91 Å². The van der Waals surface area contributed by atoms with Crippen LogP contribution in [0.3, 0.4) is 0 Å². The number of rotatable bonds is 7. The number of aromatic nitrogens is 2. The van der Waals surface area contributed by atoms with Crippen LogP contribution in [0.2, 0.25) is 0 Å². The number of ether oxygens (including phenoxy) is 2. The number of amides is 1. The summed E-state index contributed by atoms with van der Waals surface area (Å²) in [4.78, 5) is 17.6. The first-order valence-corrected chi connectivity index (χ1v) is 10.1. The highest BCUT2D eigenvalue weighted by Crippen LogP contribution is 2.27. The molecule has 0 saturated carbocycles. The van der Waals surface area contributed by atoms with Gasteiger partial charge in [0.05, 0.1) is 26.2 Å². The zero-order valence-corrected chi connectivity index (χ0v) is 17.9. The number of para-hydroxylation sites is 1. The van der Waals surface area contributed by atoms with Gasteiger partial charge in [-0.1, -0.05) is 42.5 Å². The van der Waals surface area contributed by atoms with E-state index in [2.05, 4.69) is 5.32 Å². The lowest BCUT2D eigenvalue weighted by Gasteiger charge is -2.09. The van der Waals surface area contributed by atoms with E-state index in [0.717, 1.165) is 28.3 Å². The monoisotopic (exact) mass is 425 g/mol. The SMILES string of the molecule is CO/C=C/c1ccc(C(=O)Nc2nc(-c3cccc(OC)c3)cn2-c2ccccc2)cc1. The molecule has 6 nitrogen and oxygen atoms in total. The number of nitrogens with zero attached hydrogens (tertiary/aromatic N) is 2. The van der Waals surface area contributed by atoms with Crippen LogP contribution in [-0.4, -0.2) is 29.7 Å². The summed E-state index contributed by atoms with van der Waals surface area (Å²) in [6.45, 7) is 0. The quantitative estimate of drug-likeness (QED) is 0.402. The lowest BCUT2D eigenvalue weighted by Crippen LogP contribution is -2.15. The summed E-state index contributed by atoms with van der Waals surface area (Å²) in [6, 6.07) is 24.7. The summed E-state index contributed by atoms with van der Waals surface area (Å²) >= 11 is 0. The third-order valence-electron chi connectivity index (χ3n) is 4.90. The Kier molecular flexibility index (Phi) is 6.32. The van der Waals surface area contributed by atoms with Gasteiger partial charge in [-0.25, -0.2) is 4.98 Å². The van der Waals surface area contributed by atoms with Gasteiger partial charge in [0.1, 0.15) is 5.75 Å². The third kappa shape index (κ3) is 4.70. The van der Waals surface area contributed by atoms with Crippen LogP contribution in [0.4, 0.5) is 5.95 Å². The molecule has 0 spiro atoms. The Hall–Kier alpha value is -4.32. The molecule has 0 fully saturated rings. The maximum Gasteiger partial charge on any atom is 0.257 e. The van der Waals surface area contributed by atoms with Crippen LogP contribution in [0, 0.1) is 0 Å². The standard InChI is InChI=1S/C26H23N3O3/c1-31-16-15-19-11-13-20(14-12-19)25(30)28-26-27-24(21-7-6-10-23(17-21)32-2)18-29(26)22-8-4-3-5-9-22/h3-18H,1-2H3,(H,27,28,30)/b16-15+. The Morgan fingerprint density at radius 2 is 1.75 bits per heavy atom. The predicted octanol–water partition coefficient (Wildman–Crippen LogP) is 5.42. The maximum atomic E-state index is 12.9. The fraction of sp³-hybridized carbons (Fsp3) is 0.0769. The number of nitrogens with one attached hydrogen (secondary N) is 1. The van der Waals surface area contributed by atoms with Gasteiger partial charge >= 0.3 is 0 Å². The lowest BCUT2D eigenvalue weighted by molar-refractivity contribution is 0.102. The molecular formula is C26H23N3O3. The highest BCUT2D eigenvalue weighted by Gasteiger charge is 2.15. The van der Waals surface area contributed by atoms with Gasteiger partial charge in [0.25, 0.3) is 5.91 Å². The van der Waals surface area contributed by atoms with Crippen molar-refractivity contribution in [3.63, 3.8) is 0 Å². The van der Waals surface area contributed by atoms with Crippen molar-refractivity contribution in [2.24, 2.45) is 0 Å². The van der Waals surface area contributed by atoms with E-state index >= 15 is 0 Å². The molecule has 0 bridgehead atoms. The smallest absolute Gasteiger partial charge is 0.257 e. The number of anilines is 1. The van der Waals surface area contributed by atoms with Crippen LogP contribution >= 0.6 is 0 Å². The molecular weight excluding hydrogens is 402 g/mol. The largest absolute Gasteiger partial charge is 0.504 e. The second-order valence-corrected chi connectivity index (χ2v) is 7.00. The summed E-state index contributed by atoms with van der Waals surface area (Å²) in [5, 5.41) is 2.95. The fourth-order valence-corrected chi connectivity index (χ4v) is 3.24. The minimum Gasteiger partial charge on any atom is -0.504 e. The van der Waals surface area contributed by atoms with Gasteiger partial charge in [-0.3, -0.25) is 14.7 Å². The van der Waals surface area contributed by atoms with Crippen LogP contribution in [0.1, 0.15) is 15.9 Å². The molecule has 0 saturated heterocycles. The molecule has 4 rings (SSSR count). The molecule has 0 aliphatic heterocycles. The Labute approximate surface area is 186 Å². The van der Waals surface area contributed by atoms with Crippen molar-refractivity contribution in [2.75, 3.05) is 19.5 Å². The number of hydrogen-bond acceptors (Lipinski definition) is 4. The maximum absolute atomic E-state index is 12.9. The molecule has 0 unspecified atom stereocenters. The van der Waals surface area contributed by atoms with Gasteiger partial charge in [0.2, 0.25) is 5.95 Å². The van der Waals surface area contributed by atoms with E-state index < -0.39 is 0 Å². The summed E-state index contributed by atoms with van der Waals surface area (Å²) in [5.74, 6) is 0.930. The van der Waals surface area contributed by atoms with Crippen LogP contribution < -0.4 is 10.1 Å². The number of benzene rings is 3. The van der Waals surface area contributed by atoms with Gasteiger partial charge in [-0.15, -0.1) is 0 Å². The Morgan fingerprint density at radius 3 is 2.47 bits per heavy atom. The summed E-state index contributed by atoms with van der Waals surface area (Å²) < 4.78 is 12.1. The van der Waals surface area contributed by atoms with Gasteiger partial charge in [-0.2, -0.15) is 0 Å². The number of hydrogen-bond donors (Lipinski definition) is 1. The summed E-state index contributed by atoms with van der Waals surface area (Å²) in [6.07, 6.45) is 5.31. The first-order chi connectivity index (χ1) is 15.7. The minimum atomic E-state index is -0.243. The Bertz CT molecular complexity index is 1230. The minimum absolute atomic E-state index is 0.243. The number of imidazole rings is 1. The highest BCUT2D eigenvalue weighted by atomic mass is 16.5. The van der Waals surface area contributed by atoms with Crippen molar-refractivity contribution in [2.45, 2.75) is 0 Å². The number of carbonyl (C=O) groups is 1. The summed E-state index contributed by atoms with van der Waals surface area (Å²) in [5.41, 5.74) is 3.98. The van der Waals surface area contributed by atoms with Gasteiger partial charge < -0.3 is 9.47 Å². The molecule has 3 aromatic carbocycles. The van der Waals surface area contributed by atoms with E-state index in [1.54, 1.807) is 32.6 Å². The second kappa shape index (κ2) is 9.66. The van der Waals surface area contributed by atoms with Crippen LogP contribution in [0.15, 0.2) is 91.3 Å². The van der Waals surface area contributed by atoms with Crippen molar-refractivity contribution in [3.05, 3.63) is 102 Å². The molecule has 1 N–H and O–H groups in total. The Balaban J connectivity index is 1.66. The molecule has 1 amide bonds. The molecule has 32 heavy (non-hydrogen) atoms. The molecule has 1 aromatic heterocycles. The molecule has 1 heterocycles. The van der Waals surface area contributed by atoms with Crippen LogP contribution in [0.5, 0.6) is 5.75 Å². The van der Waals surface area contributed by atoms with E-state index in [9.17, 15) is 4.79 Å². The molecule has 160 valence electrons. The van der Waals surface area contributed by atoms with E-state index in [1.807, 2.05) is 83.6 Å². The van der Waals surface area contributed by atoms with Crippen LogP contribution in [-0.2, 0) is 4.74 Å². The first kappa shape index (κ1) is 20.9. The van der Waals surface area contributed by atoms with Crippen LogP contribution in [0.25, 0.3) is 23.0 Å². The normalized spacial score (nSPS) is 10.8. The average Bonchev–Trinajstić information content (AvgIpc) is 3.27. The van der Waals surface area contributed by atoms with Gasteiger partial charge in [0.15, 0.2) is 0 Å². The number of carbonyl (C=O) groups excluding carboxylic acids is 1. The van der Waals surface area contributed by atoms with E-state index in [4.69, 9.17) is 14.5 Å². The first-order valence-electron chi connectivity index (χ1n) is 10.1. The van der Waals surface area contributed by atoms with Crippen molar-refractivity contribution in [1.82, 2.24) is 9.55 Å². The van der Waals surface area contributed by atoms with Gasteiger partial charge in [0, 0.05) is 23.0 Å². The zero-order valence-electron chi connectivity index (χ0n) is 17.9. The van der Waals surface area contributed by atoms with Crippen molar-refractivity contribution >= 4 is 17.9 Å². The average molecular weight is 425 g/mol. The summed E-state index contributed by atoms with van der Waals surface area (Å²) in [7, 11) is 3.22. The molecule has 0 radical (unpaired) electrons. The molecule has 0 aliphatic carbocycles. The topological polar surface area (TPSA) is 65.4 Å². The van der Waals surface area contributed by atoms with Crippen molar-refractivity contribution in [3.8, 4) is 22.7 Å². The zero-order chi connectivity index (χ0) is 22.3. The number of methoxy groups -OCH3 is 2. The highest BCUT2D eigenvalue weighted by molar-refractivity contribution is 6.03. The lowest BCUT2D eigenvalue weighted by atomic mass is 10.1. The predicted molar refractivity (Wildman–Crippen MR) is 126 cm³/mol. The fourth-order valence-electron chi connectivity index (χ4n) is 3.24.